The van der Waals surface area contributed by atoms with Gasteiger partial charge in [0.1, 0.15) is 0 Å². The maximum absolute atomic E-state index is 12.6. The number of nitrogens with zero attached hydrogens (tertiary/aromatic N) is 1. The fourth-order valence-corrected chi connectivity index (χ4v) is 3.27. The van der Waals surface area contributed by atoms with Gasteiger partial charge in [-0.15, -0.1) is 0 Å². The monoisotopic (exact) mass is 417 g/mol. The van der Waals surface area contributed by atoms with Crippen molar-refractivity contribution in [1.29, 1.82) is 0 Å². The molecule has 1 fully saturated rings. The summed E-state index contributed by atoms with van der Waals surface area (Å²) in [6.07, 6.45) is 2.56. The van der Waals surface area contributed by atoms with Crippen LogP contribution in [0, 0.1) is 11.8 Å². The van der Waals surface area contributed by atoms with Gasteiger partial charge in [0.2, 0.25) is 5.91 Å². The van der Waals surface area contributed by atoms with Gasteiger partial charge >= 0.3 is 12.1 Å². The van der Waals surface area contributed by atoms with E-state index < -0.39 is 0 Å². The van der Waals surface area contributed by atoms with Crippen molar-refractivity contribution in [1.82, 2.24) is 15.5 Å². The molecule has 1 heterocycles. The van der Waals surface area contributed by atoms with Crippen molar-refractivity contribution in [3.05, 3.63) is 24.3 Å². The highest BCUT2D eigenvalue weighted by Crippen LogP contribution is 2.19. The van der Waals surface area contributed by atoms with Crippen LogP contribution in [-0.2, 0) is 4.79 Å². The molecule has 0 saturated carbocycles. The fourth-order valence-electron chi connectivity index (χ4n) is 3.27. The minimum Gasteiger partial charge on any atom is -0.356 e. The SMILES string of the molecule is CC(C)CCNC(=O)[C@H]1CCCN(C(=O)Nc2ccc(NC(=O)NC(C)C)cc2)C1. The van der Waals surface area contributed by atoms with E-state index in [0.717, 1.165) is 19.3 Å². The van der Waals surface area contributed by atoms with Crippen molar-refractivity contribution in [3.63, 3.8) is 0 Å². The molecule has 0 unspecified atom stereocenters. The number of amides is 5. The molecular formula is C22H35N5O3. The number of anilines is 2. The van der Waals surface area contributed by atoms with Crippen LogP contribution < -0.4 is 21.3 Å². The average molecular weight is 418 g/mol. The lowest BCUT2D eigenvalue weighted by Crippen LogP contribution is -2.47. The number of carbonyl (C=O) groups is 3. The quantitative estimate of drug-likeness (QED) is 0.545. The standard InChI is InChI=1S/C22H35N5O3/c1-15(2)11-12-23-20(28)17-6-5-13-27(14-17)22(30)26-19-9-7-18(8-10-19)25-21(29)24-16(3)4/h7-10,15-17H,5-6,11-14H2,1-4H3,(H,23,28)(H,26,30)(H2,24,25,29)/t17-/m0/s1. The van der Waals surface area contributed by atoms with Gasteiger partial charge in [-0.25, -0.2) is 9.59 Å². The Hall–Kier alpha value is -2.77. The Morgan fingerprint density at radius 1 is 1.03 bits per heavy atom. The van der Waals surface area contributed by atoms with Crippen LogP contribution in [0.3, 0.4) is 0 Å². The number of likely N-dealkylation sites (tertiary alicyclic amines) is 1. The number of hydrogen-bond donors (Lipinski definition) is 4. The van der Waals surface area contributed by atoms with Crippen LogP contribution in [0.15, 0.2) is 24.3 Å². The first-order valence-electron chi connectivity index (χ1n) is 10.8. The zero-order valence-corrected chi connectivity index (χ0v) is 18.5. The van der Waals surface area contributed by atoms with Crippen molar-refractivity contribution in [2.24, 2.45) is 11.8 Å². The van der Waals surface area contributed by atoms with Gasteiger partial charge in [0, 0.05) is 37.1 Å². The normalized spacial score (nSPS) is 16.3. The van der Waals surface area contributed by atoms with E-state index in [9.17, 15) is 14.4 Å². The molecule has 1 atom stereocenters. The molecule has 0 aliphatic carbocycles. The molecule has 30 heavy (non-hydrogen) atoms. The van der Waals surface area contributed by atoms with E-state index in [2.05, 4.69) is 35.1 Å². The first-order valence-corrected chi connectivity index (χ1v) is 10.8. The van der Waals surface area contributed by atoms with Crippen molar-refractivity contribution in [3.8, 4) is 0 Å². The van der Waals surface area contributed by atoms with Gasteiger partial charge in [0.25, 0.3) is 0 Å². The predicted molar refractivity (Wildman–Crippen MR) is 120 cm³/mol. The van der Waals surface area contributed by atoms with E-state index in [4.69, 9.17) is 0 Å². The lowest BCUT2D eigenvalue weighted by Gasteiger charge is -2.32. The Labute approximate surface area is 179 Å². The summed E-state index contributed by atoms with van der Waals surface area (Å²) in [7, 11) is 0. The topological polar surface area (TPSA) is 103 Å². The Morgan fingerprint density at radius 2 is 1.67 bits per heavy atom. The second-order valence-corrected chi connectivity index (χ2v) is 8.52. The molecule has 5 amide bonds. The summed E-state index contributed by atoms with van der Waals surface area (Å²) in [5, 5.41) is 11.4. The van der Waals surface area contributed by atoms with Gasteiger partial charge in [-0.1, -0.05) is 13.8 Å². The van der Waals surface area contributed by atoms with Gasteiger partial charge in [-0.05, 0) is 63.3 Å². The predicted octanol–water partition coefficient (Wildman–Crippen LogP) is 3.62. The van der Waals surface area contributed by atoms with Crippen LogP contribution in [0.2, 0.25) is 0 Å². The van der Waals surface area contributed by atoms with Crippen molar-refractivity contribution in [2.75, 3.05) is 30.3 Å². The highest BCUT2D eigenvalue weighted by Gasteiger charge is 2.28. The third kappa shape index (κ3) is 7.93. The van der Waals surface area contributed by atoms with E-state index in [1.54, 1.807) is 29.2 Å². The van der Waals surface area contributed by atoms with Crippen LogP contribution in [0.25, 0.3) is 0 Å². The van der Waals surface area contributed by atoms with Gasteiger partial charge in [-0.3, -0.25) is 4.79 Å². The Morgan fingerprint density at radius 3 is 2.27 bits per heavy atom. The van der Waals surface area contributed by atoms with Gasteiger partial charge in [0.05, 0.1) is 5.92 Å². The molecule has 0 radical (unpaired) electrons. The smallest absolute Gasteiger partial charge is 0.321 e. The van der Waals surface area contributed by atoms with Gasteiger partial charge in [-0.2, -0.15) is 0 Å². The molecule has 8 heteroatoms. The van der Waals surface area contributed by atoms with Crippen LogP contribution in [0.4, 0.5) is 21.0 Å². The first-order chi connectivity index (χ1) is 14.2. The second-order valence-electron chi connectivity index (χ2n) is 8.52. The minimum absolute atomic E-state index is 0.0308. The Bertz CT molecular complexity index is 718. The van der Waals surface area contributed by atoms with Crippen LogP contribution >= 0.6 is 0 Å². The lowest BCUT2D eigenvalue weighted by atomic mass is 9.97. The summed E-state index contributed by atoms with van der Waals surface area (Å²) >= 11 is 0. The Balaban J connectivity index is 1.83. The number of hydrogen-bond acceptors (Lipinski definition) is 3. The van der Waals surface area contributed by atoms with Crippen LogP contribution in [0.5, 0.6) is 0 Å². The number of urea groups is 2. The molecule has 1 aromatic carbocycles. The highest BCUT2D eigenvalue weighted by molar-refractivity contribution is 5.92. The summed E-state index contributed by atoms with van der Waals surface area (Å²) in [4.78, 5) is 38.5. The number of piperidine rings is 1. The molecule has 0 bridgehead atoms. The second kappa shape index (κ2) is 11.4. The molecule has 1 saturated heterocycles. The number of rotatable bonds is 7. The lowest BCUT2D eigenvalue weighted by molar-refractivity contribution is -0.126. The Kier molecular flexibility index (Phi) is 8.95. The van der Waals surface area contributed by atoms with Crippen LogP contribution in [-0.4, -0.2) is 48.5 Å². The van der Waals surface area contributed by atoms with Crippen molar-refractivity contribution in [2.45, 2.75) is 53.0 Å². The average Bonchev–Trinajstić information content (AvgIpc) is 2.68. The van der Waals surface area contributed by atoms with Crippen molar-refractivity contribution < 1.29 is 14.4 Å². The summed E-state index contributed by atoms with van der Waals surface area (Å²) < 4.78 is 0. The first kappa shape index (κ1) is 23.5. The largest absolute Gasteiger partial charge is 0.356 e. The molecule has 166 valence electrons. The molecule has 2 rings (SSSR count). The molecule has 4 N–H and O–H groups in total. The molecule has 1 aliphatic rings. The van der Waals surface area contributed by atoms with E-state index in [-0.39, 0.29) is 29.9 Å². The van der Waals surface area contributed by atoms with E-state index in [1.807, 2.05) is 13.8 Å². The summed E-state index contributed by atoms with van der Waals surface area (Å²) in [6, 6.07) is 6.51. The minimum atomic E-state index is -0.271. The summed E-state index contributed by atoms with van der Waals surface area (Å²) in [5.41, 5.74) is 1.28. The third-order valence-corrected chi connectivity index (χ3v) is 4.91. The fraction of sp³-hybridized carbons (Fsp3) is 0.591. The zero-order chi connectivity index (χ0) is 22.1. The molecule has 1 aliphatic heterocycles. The molecule has 0 aromatic heterocycles. The zero-order valence-electron chi connectivity index (χ0n) is 18.5. The summed E-state index contributed by atoms with van der Waals surface area (Å²) in [5.74, 6) is 0.413. The van der Waals surface area contributed by atoms with Gasteiger partial charge in [0.15, 0.2) is 0 Å². The molecular weight excluding hydrogens is 382 g/mol. The number of benzene rings is 1. The highest BCUT2D eigenvalue weighted by atomic mass is 16.2. The van der Waals surface area contributed by atoms with Crippen molar-refractivity contribution >= 4 is 29.3 Å². The van der Waals surface area contributed by atoms with Crippen LogP contribution in [0.1, 0.15) is 47.0 Å². The van der Waals surface area contributed by atoms with E-state index in [1.165, 1.54) is 0 Å². The number of carbonyl (C=O) groups excluding carboxylic acids is 3. The molecule has 1 aromatic rings. The van der Waals surface area contributed by atoms with E-state index in [0.29, 0.717) is 36.9 Å². The number of nitrogens with one attached hydrogen (secondary N) is 4. The maximum Gasteiger partial charge on any atom is 0.321 e. The molecule has 8 nitrogen and oxygen atoms in total. The van der Waals surface area contributed by atoms with Gasteiger partial charge < -0.3 is 26.2 Å². The third-order valence-electron chi connectivity index (χ3n) is 4.91. The van der Waals surface area contributed by atoms with E-state index >= 15 is 0 Å². The maximum atomic E-state index is 12.6. The molecule has 0 spiro atoms. The summed E-state index contributed by atoms with van der Waals surface area (Å²) in [6.45, 7) is 9.76.